The zero-order chi connectivity index (χ0) is 11.8. The van der Waals surface area contributed by atoms with E-state index >= 15 is 0 Å². The van der Waals surface area contributed by atoms with E-state index in [1.807, 2.05) is 30.3 Å². The summed E-state index contributed by atoms with van der Waals surface area (Å²) in [6.07, 6.45) is 0.218. The Morgan fingerprint density at radius 3 is 2.56 bits per heavy atom. The van der Waals surface area contributed by atoms with E-state index in [2.05, 4.69) is 10.1 Å². The number of alkyl carbamates (subject to hydrolysis) is 1. The molecule has 0 radical (unpaired) electrons. The predicted molar refractivity (Wildman–Crippen MR) is 59.9 cm³/mol. The van der Waals surface area contributed by atoms with Crippen LogP contribution in [-0.2, 0) is 16.0 Å². The first-order valence-corrected chi connectivity index (χ1v) is 5.23. The molecule has 4 heteroatoms. The van der Waals surface area contributed by atoms with Gasteiger partial charge in [-0.15, -0.1) is 0 Å². The Kier molecular flexibility index (Phi) is 5.05. The highest BCUT2D eigenvalue weighted by molar-refractivity contribution is 5.91. The van der Waals surface area contributed by atoms with Crippen LogP contribution in [0.2, 0.25) is 0 Å². The maximum Gasteiger partial charge on any atom is 0.413 e. The zero-order valence-corrected chi connectivity index (χ0v) is 9.23. The molecule has 1 aromatic rings. The number of ether oxygens (including phenoxy) is 1. The monoisotopic (exact) mass is 221 g/mol. The van der Waals surface area contributed by atoms with Crippen molar-refractivity contribution >= 4 is 12.0 Å². The topological polar surface area (TPSA) is 55.4 Å². The fraction of sp³-hybridized carbons (Fsp3) is 0.333. The second-order valence-electron chi connectivity index (χ2n) is 3.25. The third-order valence-corrected chi connectivity index (χ3v) is 2.00. The standard InChI is InChI=1S/C12H15NO3/c1-2-16-12(15)13-11(14)9-8-10-6-4-3-5-7-10/h3-7H,2,8-9H2,1H3,(H,13,14,15). The number of hydrogen-bond acceptors (Lipinski definition) is 3. The van der Waals surface area contributed by atoms with Crippen LogP contribution in [0.15, 0.2) is 30.3 Å². The van der Waals surface area contributed by atoms with E-state index < -0.39 is 6.09 Å². The van der Waals surface area contributed by atoms with Crippen LogP contribution < -0.4 is 5.32 Å². The van der Waals surface area contributed by atoms with E-state index in [9.17, 15) is 9.59 Å². The van der Waals surface area contributed by atoms with Crippen LogP contribution in [0, 0.1) is 0 Å². The minimum Gasteiger partial charge on any atom is -0.450 e. The van der Waals surface area contributed by atoms with Gasteiger partial charge in [-0.1, -0.05) is 30.3 Å². The third-order valence-electron chi connectivity index (χ3n) is 2.00. The molecule has 0 heterocycles. The van der Waals surface area contributed by atoms with Crippen molar-refractivity contribution in [2.24, 2.45) is 0 Å². The largest absolute Gasteiger partial charge is 0.450 e. The molecule has 1 rings (SSSR count). The van der Waals surface area contributed by atoms with Gasteiger partial charge in [-0.2, -0.15) is 0 Å². The molecule has 0 spiro atoms. The van der Waals surface area contributed by atoms with E-state index in [0.717, 1.165) is 5.56 Å². The van der Waals surface area contributed by atoms with Crippen LogP contribution in [0.4, 0.5) is 4.79 Å². The second-order valence-corrected chi connectivity index (χ2v) is 3.25. The Bertz CT molecular complexity index is 349. The summed E-state index contributed by atoms with van der Waals surface area (Å²) in [6, 6.07) is 9.63. The highest BCUT2D eigenvalue weighted by Crippen LogP contribution is 2.01. The summed E-state index contributed by atoms with van der Waals surface area (Å²) < 4.78 is 4.59. The number of rotatable bonds is 4. The minimum absolute atomic E-state index is 0.262. The summed E-state index contributed by atoms with van der Waals surface area (Å²) in [4.78, 5) is 22.2. The smallest absolute Gasteiger partial charge is 0.413 e. The molecule has 2 amide bonds. The molecule has 0 aromatic heterocycles. The lowest BCUT2D eigenvalue weighted by atomic mass is 10.1. The molecular weight excluding hydrogens is 206 g/mol. The molecule has 1 N–H and O–H groups in total. The van der Waals surface area contributed by atoms with Crippen molar-refractivity contribution in [1.82, 2.24) is 5.32 Å². The average molecular weight is 221 g/mol. The van der Waals surface area contributed by atoms with Gasteiger partial charge in [-0.3, -0.25) is 10.1 Å². The number of carbonyl (C=O) groups is 2. The lowest BCUT2D eigenvalue weighted by Crippen LogP contribution is -2.31. The second kappa shape index (κ2) is 6.61. The van der Waals surface area contributed by atoms with Gasteiger partial charge in [-0.25, -0.2) is 4.79 Å². The first-order chi connectivity index (χ1) is 7.72. The lowest BCUT2D eigenvalue weighted by molar-refractivity contribution is -0.120. The van der Waals surface area contributed by atoms with Gasteiger partial charge in [0.15, 0.2) is 0 Å². The van der Waals surface area contributed by atoms with Gasteiger partial charge in [0.25, 0.3) is 0 Å². The van der Waals surface area contributed by atoms with Gasteiger partial charge in [-0.05, 0) is 18.9 Å². The summed E-state index contributed by atoms with van der Waals surface area (Å²) in [7, 11) is 0. The van der Waals surface area contributed by atoms with E-state index in [4.69, 9.17) is 0 Å². The molecule has 0 saturated heterocycles. The van der Waals surface area contributed by atoms with Gasteiger partial charge in [0, 0.05) is 6.42 Å². The Labute approximate surface area is 94.6 Å². The Balaban J connectivity index is 2.28. The molecule has 0 aliphatic heterocycles. The van der Waals surface area contributed by atoms with E-state index in [0.29, 0.717) is 6.42 Å². The minimum atomic E-state index is -0.680. The van der Waals surface area contributed by atoms with Crippen LogP contribution in [0.1, 0.15) is 18.9 Å². The predicted octanol–water partition coefficient (Wildman–Crippen LogP) is 1.89. The van der Waals surface area contributed by atoms with Gasteiger partial charge in [0.2, 0.25) is 5.91 Å². The zero-order valence-electron chi connectivity index (χ0n) is 9.23. The SMILES string of the molecule is CCOC(=O)NC(=O)CCc1ccccc1. The molecule has 0 fully saturated rings. The summed E-state index contributed by atoms with van der Waals surface area (Å²) in [5.74, 6) is -0.317. The molecule has 4 nitrogen and oxygen atoms in total. The molecular formula is C12H15NO3. The highest BCUT2D eigenvalue weighted by atomic mass is 16.5. The van der Waals surface area contributed by atoms with E-state index in [1.165, 1.54) is 0 Å². The number of amides is 2. The van der Waals surface area contributed by atoms with Crippen molar-refractivity contribution in [3.05, 3.63) is 35.9 Å². The summed E-state index contributed by atoms with van der Waals surface area (Å²) >= 11 is 0. The Morgan fingerprint density at radius 1 is 1.25 bits per heavy atom. The Morgan fingerprint density at radius 2 is 1.94 bits per heavy atom. The number of nitrogens with one attached hydrogen (secondary N) is 1. The maximum absolute atomic E-state index is 11.3. The van der Waals surface area contributed by atoms with Gasteiger partial charge in [0.1, 0.15) is 0 Å². The summed E-state index contributed by atoms with van der Waals surface area (Å²) in [5.41, 5.74) is 1.07. The number of benzene rings is 1. The van der Waals surface area contributed by atoms with Crippen LogP contribution in [-0.4, -0.2) is 18.6 Å². The van der Waals surface area contributed by atoms with Crippen LogP contribution in [0.5, 0.6) is 0 Å². The fourth-order valence-electron chi connectivity index (χ4n) is 1.25. The fourth-order valence-corrected chi connectivity index (χ4v) is 1.25. The van der Waals surface area contributed by atoms with Gasteiger partial charge in [0.05, 0.1) is 6.61 Å². The van der Waals surface area contributed by atoms with Gasteiger partial charge >= 0.3 is 6.09 Å². The van der Waals surface area contributed by atoms with Crippen molar-refractivity contribution in [1.29, 1.82) is 0 Å². The third kappa shape index (κ3) is 4.59. The molecule has 0 saturated carbocycles. The first kappa shape index (κ1) is 12.2. The van der Waals surface area contributed by atoms with Crippen LogP contribution in [0.3, 0.4) is 0 Å². The molecule has 86 valence electrons. The molecule has 0 unspecified atom stereocenters. The first-order valence-electron chi connectivity index (χ1n) is 5.23. The van der Waals surface area contributed by atoms with Crippen molar-refractivity contribution in [3.63, 3.8) is 0 Å². The molecule has 0 bridgehead atoms. The normalized spacial score (nSPS) is 9.56. The van der Waals surface area contributed by atoms with Crippen molar-refractivity contribution in [2.75, 3.05) is 6.61 Å². The molecule has 0 atom stereocenters. The number of imide groups is 1. The highest BCUT2D eigenvalue weighted by Gasteiger charge is 2.07. The van der Waals surface area contributed by atoms with E-state index in [-0.39, 0.29) is 18.9 Å². The quantitative estimate of drug-likeness (QED) is 0.844. The van der Waals surface area contributed by atoms with Crippen LogP contribution >= 0.6 is 0 Å². The number of aryl methyl sites for hydroxylation is 1. The van der Waals surface area contributed by atoms with Gasteiger partial charge < -0.3 is 4.74 Å². The summed E-state index contributed by atoms with van der Waals surface area (Å²) in [5, 5.41) is 2.15. The summed E-state index contributed by atoms with van der Waals surface area (Å²) in [6.45, 7) is 1.95. The van der Waals surface area contributed by atoms with E-state index in [1.54, 1.807) is 6.92 Å². The molecule has 16 heavy (non-hydrogen) atoms. The van der Waals surface area contributed by atoms with Crippen LogP contribution in [0.25, 0.3) is 0 Å². The molecule has 0 aliphatic carbocycles. The van der Waals surface area contributed by atoms with Crippen molar-refractivity contribution in [2.45, 2.75) is 19.8 Å². The number of hydrogen-bond donors (Lipinski definition) is 1. The van der Waals surface area contributed by atoms with Crippen molar-refractivity contribution < 1.29 is 14.3 Å². The maximum atomic E-state index is 11.3. The molecule has 1 aromatic carbocycles. The van der Waals surface area contributed by atoms with Crippen molar-refractivity contribution in [3.8, 4) is 0 Å². The average Bonchev–Trinajstić information content (AvgIpc) is 2.28. The molecule has 0 aliphatic rings. The Hall–Kier alpha value is -1.84. The lowest BCUT2D eigenvalue weighted by Gasteiger charge is -2.03. The number of carbonyl (C=O) groups excluding carboxylic acids is 2.